The molecular weight excluding hydrogens is 448 g/mol. The third-order valence-electron chi connectivity index (χ3n) is 5.17. The van der Waals surface area contributed by atoms with Crippen molar-refractivity contribution in [3.63, 3.8) is 0 Å². The van der Waals surface area contributed by atoms with E-state index in [0.29, 0.717) is 17.7 Å². The molecule has 1 unspecified atom stereocenters. The Morgan fingerprint density at radius 2 is 1.62 bits per heavy atom. The van der Waals surface area contributed by atoms with Gasteiger partial charge >= 0.3 is 0 Å². The van der Waals surface area contributed by atoms with Crippen molar-refractivity contribution in [2.45, 2.75) is 37.8 Å². The summed E-state index contributed by atoms with van der Waals surface area (Å²) < 4.78 is 62.8. The lowest BCUT2D eigenvalue weighted by Gasteiger charge is -2.45. The number of sulfonamides is 1. The summed E-state index contributed by atoms with van der Waals surface area (Å²) in [6, 6.07) is 19.9. The molecule has 32 heavy (non-hydrogen) atoms. The summed E-state index contributed by atoms with van der Waals surface area (Å²) in [6.45, 7) is 3.86. The average Bonchev–Trinajstić information content (AvgIpc) is 2.75. The van der Waals surface area contributed by atoms with Crippen LogP contribution in [0.4, 0.5) is 5.69 Å². The van der Waals surface area contributed by atoms with Crippen molar-refractivity contribution >= 4 is 26.0 Å². The molecule has 1 aliphatic heterocycles. The molecule has 0 N–H and O–H groups in total. The SMILES string of the molecule is CCCc1ccccc1N(C1[N-]S(=O)(=O)Oc2ccccc21)S(=O)(=O)c1ccc(C)cc1. The number of fused-ring (bicyclic) bond motifs is 1. The highest BCUT2D eigenvalue weighted by atomic mass is 32.2. The molecule has 7 nitrogen and oxygen atoms in total. The van der Waals surface area contributed by atoms with Crippen molar-refractivity contribution in [2.75, 3.05) is 4.31 Å². The van der Waals surface area contributed by atoms with Gasteiger partial charge in [-0.3, -0.25) is 4.31 Å². The second-order valence-corrected chi connectivity index (χ2v) is 10.6. The van der Waals surface area contributed by atoms with Crippen molar-refractivity contribution in [2.24, 2.45) is 0 Å². The van der Waals surface area contributed by atoms with Crippen molar-refractivity contribution < 1.29 is 21.0 Å². The molecule has 3 aromatic carbocycles. The fraction of sp³-hybridized carbons (Fsp3) is 0.217. The van der Waals surface area contributed by atoms with Crippen LogP contribution in [0.15, 0.2) is 77.7 Å². The number of anilines is 1. The molecule has 1 heterocycles. The van der Waals surface area contributed by atoms with Gasteiger partial charge in [0, 0.05) is 0 Å². The fourth-order valence-electron chi connectivity index (χ4n) is 3.68. The van der Waals surface area contributed by atoms with Gasteiger partial charge in [-0.1, -0.05) is 67.4 Å². The number of nitrogens with zero attached hydrogens (tertiary/aromatic N) is 2. The molecule has 0 fully saturated rings. The van der Waals surface area contributed by atoms with E-state index in [2.05, 4.69) is 4.72 Å². The molecule has 0 bridgehead atoms. The van der Waals surface area contributed by atoms with E-state index < -0.39 is 26.5 Å². The summed E-state index contributed by atoms with van der Waals surface area (Å²) in [5, 5.41) is 0. The monoisotopic (exact) mass is 471 g/mol. The summed E-state index contributed by atoms with van der Waals surface area (Å²) in [6.07, 6.45) is 0.0671. The Morgan fingerprint density at radius 3 is 2.34 bits per heavy atom. The first-order valence-electron chi connectivity index (χ1n) is 10.2. The van der Waals surface area contributed by atoms with E-state index in [1.807, 2.05) is 26.0 Å². The van der Waals surface area contributed by atoms with Crippen molar-refractivity contribution in [3.8, 4) is 5.75 Å². The molecule has 0 saturated carbocycles. The quantitative estimate of drug-likeness (QED) is 0.512. The zero-order valence-electron chi connectivity index (χ0n) is 17.7. The van der Waals surface area contributed by atoms with Gasteiger partial charge in [0.1, 0.15) is 5.75 Å². The zero-order chi connectivity index (χ0) is 22.9. The predicted octanol–water partition coefficient (Wildman–Crippen LogP) is 4.85. The maximum atomic E-state index is 14.0. The molecule has 0 aromatic heterocycles. The van der Waals surface area contributed by atoms with E-state index in [4.69, 9.17) is 4.18 Å². The fourth-order valence-corrected chi connectivity index (χ4v) is 6.18. The van der Waals surface area contributed by atoms with E-state index >= 15 is 0 Å². The molecule has 0 radical (unpaired) electrons. The summed E-state index contributed by atoms with van der Waals surface area (Å²) in [5.41, 5.74) is 2.42. The van der Waals surface area contributed by atoms with E-state index in [1.165, 1.54) is 18.2 Å². The molecule has 0 saturated heterocycles. The Balaban J connectivity index is 1.99. The first-order valence-corrected chi connectivity index (χ1v) is 13.0. The largest absolute Gasteiger partial charge is 0.489 e. The molecule has 3 aromatic rings. The first kappa shape index (κ1) is 22.3. The van der Waals surface area contributed by atoms with Gasteiger partial charge in [-0.25, -0.2) is 16.8 Å². The van der Waals surface area contributed by atoms with Gasteiger partial charge in [0.05, 0.1) is 10.6 Å². The lowest BCUT2D eigenvalue weighted by atomic mass is 10.1. The van der Waals surface area contributed by atoms with Crippen LogP contribution in [0.2, 0.25) is 0 Å². The Kier molecular flexibility index (Phi) is 5.98. The normalized spacial score (nSPS) is 17.2. The second kappa shape index (κ2) is 8.57. The first-order chi connectivity index (χ1) is 15.2. The highest BCUT2D eigenvalue weighted by molar-refractivity contribution is 7.93. The van der Waals surface area contributed by atoms with Gasteiger partial charge in [-0.05, 0) is 54.9 Å². The molecule has 168 valence electrons. The Bertz CT molecular complexity index is 1340. The molecule has 1 atom stereocenters. The van der Waals surface area contributed by atoms with Crippen molar-refractivity contribution in [1.82, 2.24) is 0 Å². The Labute approximate surface area is 189 Å². The van der Waals surface area contributed by atoms with Crippen molar-refractivity contribution in [3.05, 3.63) is 94.2 Å². The predicted molar refractivity (Wildman–Crippen MR) is 123 cm³/mol. The van der Waals surface area contributed by atoms with Gasteiger partial charge in [0.25, 0.3) is 10.0 Å². The summed E-state index contributed by atoms with van der Waals surface area (Å²) in [4.78, 5) is 0.0472. The molecular formula is C23H23N2O5S2-. The van der Waals surface area contributed by atoms with Crippen LogP contribution in [0.5, 0.6) is 5.75 Å². The molecule has 1 aliphatic rings. The summed E-state index contributed by atoms with van der Waals surface area (Å²) in [7, 11) is -8.54. The summed E-state index contributed by atoms with van der Waals surface area (Å²) >= 11 is 0. The van der Waals surface area contributed by atoms with Crippen LogP contribution in [0.25, 0.3) is 4.72 Å². The van der Waals surface area contributed by atoms with Crippen LogP contribution in [-0.4, -0.2) is 16.8 Å². The Hall–Kier alpha value is -2.88. The molecule has 4 rings (SSSR count). The van der Waals surface area contributed by atoms with Crippen molar-refractivity contribution in [1.29, 1.82) is 0 Å². The van der Waals surface area contributed by atoms with Gasteiger partial charge in [0.2, 0.25) is 10.3 Å². The van der Waals surface area contributed by atoms with E-state index in [1.54, 1.807) is 42.5 Å². The van der Waals surface area contributed by atoms with E-state index in [9.17, 15) is 16.8 Å². The molecule has 0 spiro atoms. The minimum absolute atomic E-state index is 0.0472. The smallest absolute Gasteiger partial charge is 0.263 e. The molecule has 0 amide bonds. The number of benzene rings is 3. The zero-order valence-corrected chi connectivity index (χ0v) is 19.3. The number of hydrogen-bond acceptors (Lipinski definition) is 5. The third-order valence-corrected chi connectivity index (χ3v) is 7.80. The summed E-state index contributed by atoms with van der Waals surface area (Å²) in [5.74, 6) is 0.0598. The van der Waals surface area contributed by atoms with Gasteiger partial charge < -0.3 is 8.91 Å². The maximum Gasteiger partial charge on any atom is 0.263 e. The minimum Gasteiger partial charge on any atom is -0.489 e. The topological polar surface area (TPSA) is 94.8 Å². The van der Waals surface area contributed by atoms with Gasteiger partial charge in [0.15, 0.2) is 0 Å². The molecule has 9 heteroatoms. The van der Waals surface area contributed by atoms with Crippen LogP contribution in [0.3, 0.4) is 0 Å². The average molecular weight is 472 g/mol. The lowest BCUT2D eigenvalue weighted by Crippen LogP contribution is -2.38. The lowest BCUT2D eigenvalue weighted by molar-refractivity contribution is 0.474. The van der Waals surface area contributed by atoms with Gasteiger partial charge in [-0.2, -0.15) is 0 Å². The van der Waals surface area contributed by atoms with Crippen LogP contribution >= 0.6 is 0 Å². The second-order valence-electron chi connectivity index (χ2n) is 7.52. The van der Waals surface area contributed by atoms with E-state index in [0.717, 1.165) is 21.9 Å². The number of aryl methyl sites for hydroxylation is 2. The van der Waals surface area contributed by atoms with Crippen LogP contribution < -0.4 is 8.49 Å². The van der Waals surface area contributed by atoms with E-state index in [-0.39, 0.29) is 10.6 Å². The highest BCUT2D eigenvalue weighted by Gasteiger charge is 2.34. The van der Waals surface area contributed by atoms with Crippen LogP contribution in [0, 0.1) is 6.92 Å². The maximum absolute atomic E-state index is 14.0. The number of para-hydroxylation sites is 2. The standard InChI is InChI=1S/C23H23N2O5S2/c1-3-8-18-9-4-6-11-21(18)25(31(26,27)19-15-13-17(2)14-16-19)23-20-10-5-7-12-22(20)30-32(28,29)24-23/h4-7,9-16,23H,3,8H2,1-2H3/q-1. The third kappa shape index (κ3) is 4.23. The van der Waals surface area contributed by atoms with Crippen LogP contribution in [0.1, 0.15) is 36.2 Å². The highest BCUT2D eigenvalue weighted by Crippen LogP contribution is 2.46. The Morgan fingerprint density at radius 1 is 0.969 bits per heavy atom. The number of hydrogen-bond donors (Lipinski definition) is 0. The van der Waals surface area contributed by atoms with Crippen LogP contribution in [-0.2, 0) is 26.7 Å². The minimum atomic E-state index is -4.35. The van der Waals surface area contributed by atoms with Gasteiger partial charge in [-0.15, -0.1) is 0 Å². The molecule has 0 aliphatic carbocycles. The number of rotatable bonds is 6.